The molecule has 1 saturated heterocycles. The number of nitriles is 1. The third-order valence-electron chi connectivity index (χ3n) is 3.24. The summed E-state index contributed by atoms with van der Waals surface area (Å²) in [5.74, 6) is -1.92. The van der Waals surface area contributed by atoms with Crippen molar-refractivity contribution < 1.29 is 24.2 Å². The summed E-state index contributed by atoms with van der Waals surface area (Å²) < 4.78 is 4.90. The number of nitrogens with one attached hydrogen (secondary N) is 1. The number of carboxylic acids is 1. The third kappa shape index (κ3) is 5.50. The summed E-state index contributed by atoms with van der Waals surface area (Å²) in [5.41, 5.74) is -0.178. The molecule has 2 N–H and O–H groups in total. The number of hydrogen-bond donors (Lipinski definition) is 2. The summed E-state index contributed by atoms with van der Waals surface area (Å²) in [6.45, 7) is 5.08. The Labute approximate surface area is 134 Å². The third-order valence-corrected chi connectivity index (χ3v) is 3.24. The Morgan fingerprint density at radius 2 is 1.96 bits per heavy atom. The molecule has 0 radical (unpaired) electrons. The number of rotatable bonds is 5. The molecule has 1 aliphatic heterocycles. The molecule has 1 unspecified atom stereocenters. The van der Waals surface area contributed by atoms with E-state index in [9.17, 15) is 14.4 Å². The highest BCUT2D eigenvalue weighted by Crippen LogP contribution is 2.07. The fourth-order valence-corrected chi connectivity index (χ4v) is 1.91. The Morgan fingerprint density at radius 1 is 1.35 bits per heavy atom. The van der Waals surface area contributed by atoms with E-state index in [1.807, 2.05) is 0 Å². The van der Waals surface area contributed by atoms with Gasteiger partial charge in [-0.1, -0.05) is 0 Å². The molecule has 23 heavy (non-hydrogen) atoms. The molecule has 1 heterocycles. The topological polar surface area (TPSA) is 123 Å². The Morgan fingerprint density at radius 3 is 2.43 bits per heavy atom. The van der Waals surface area contributed by atoms with E-state index in [0.29, 0.717) is 32.8 Å². The summed E-state index contributed by atoms with van der Waals surface area (Å²) in [4.78, 5) is 37.4. The lowest BCUT2D eigenvalue weighted by Gasteiger charge is -2.33. The predicted molar refractivity (Wildman–Crippen MR) is 79.1 cm³/mol. The normalized spacial score (nSPS) is 16.3. The van der Waals surface area contributed by atoms with E-state index in [4.69, 9.17) is 15.1 Å². The maximum absolute atomic E-state index is 11.8. The van der Waals surface area contributed by atoms with E-state index in [1.54, 1.807) is 22.8 Å². The first-order valence-corrected chi connectivity index (χ1v) is 7.20. The molecule has 1 atom stereocenters. The molecule has 0 spiro atoms. The van der Waals surface area contributed by atoms with E-state index in [0.717, 1.165) is 0 Å². The molecule has 0 bridgehead atoms. The lowest BCUT2D eigenvalue weighted by atomic mass is 10.2. The van der Waals surface area contributed by atoms with Gasteiger partial charge in [0, 0.05) is 32.4 Å². The van der Waals surface area contributed by atoms with Crippen LogP contribution in [-0.2, 0) is 14.3 Å². The Bertz CT molecular complexity index is 532. The van der Waals surface area contributed by atoms with Crippen LogP contribution < -0.4 is 5.32 Å². The van der Waals surface area contributed by atoms with Gasteiger partial charge in [-0.3, -0.25) is 9.59 Å². The van der Waals surface area contributed by atoms with E-state index in [1.165, 1.54) is 13.1 Å². The molecule has 0 aromatic rings. The van der Waals surface area contributed by atoms with Crippen LogP contribution in [0.5, 0.6) is 0 Å². The number of nitrogens with zero attached hydrogens (tertiary/aromatic N) is 3. The van der Waals surface area contributed by atoms with Crippen LogP contribution in [0.25, 0.3) is 0 Å². The number of amides is 2. The number of carboxylic acid groups (broad SMARTS) is 1. The smallest absolute Gasteiger partial charge is 0.409 e. The molecule has 1 fully saturated rings. The SMILES string of the molecule is CCOC(=O)N1CCN(/C=C(/C#N)C(=O)NC(C)C(=O)O)CC1. The van der Waals surface area contributed by atoms with Crippen molar-refractivity contribution in [2.24, 2.45) is 0 Å². The molecule has 0 saturated carbocycles. The number of ether oxygens (including phenoxy) is 1. The lowest BCUT2D eigenvalue weighted by molar-refractivity contribution is -0.140. The minimum Gasteiger partial charge on any atom is -0.480 e. The Hall–Kier alpha value is -2.76. The van der Waals surface area contributed by atoms with Gasteiger partial charge in [-0.25, -0.2) is 4.79 Å². The molecule has 1 aliphatic rings. The van der Waals surface area contributed by atoms with Crippen molar-refractivity contribution >= 4 is 18.0 Å². The van der Waals surface area contributed by atoms with Gasteiger partial charge in [0.2, 0.25) is 0 Å². The quantitative estimate of drug-likeness (QED) is 0.528. The minimum atomic E-state index is -1.18. The Balaban J connectivity index is 2.60. The van der Waals surface area contributed by atoms with Crippen LogP contribution in [0.1, 0.15) is 13.8 Å². The predicted octanol–water partition coefficient (Wildman–Crippen LogP) is -0.243. The highest BCUT2D eigenvalue weighted by Gasteiger charge is 2.22. The van der Waals surface area contributed by atoms with Crippen molar-refractivity contribution in [2.45, 2.75) is 19.9 Å². The fourth-order valence-electron chi connectivity index (χ4n) is 1.91. The molecule has 0 aliphatic carbocycles. The van der Waals surface area contributed by atoms with Crippen molar-refractivity contribution in [1.82, 2.24) is 15.1 Å². The number of carbonyl (C=O) groups is 3. The second kappa shape index (κ2) is 8.63. The molecule has 0 aromatic carbocycles. The average Bonchev–Trinajstić information content (AvgIpc) is 2.53. The van der Waals surface area contributed by atoms with Gasteiger partial charge in [-0.2, -0.15) is 5.26 Å². The average molecular weight is 324 g/mol. The molecule has 2 amide bonds. The molecule has 9 nitrogen and oxygen atoms in total. The van der Waals surface area contributed by atoms with Crippen LogP contribution in [0.4, 0.5) is 4.79 Å². The molecule has 0 aromatic heterocycles. The van der Waals surface area contributed by atoms with Gasteiger partial charge in [-0.15, -0.1) is 0 Å². The fraction of sp³-hybridized carbons (Fsp3) is 0.571. The van der Waals surface area contributed by atoms with Crippen molar-refractivity contribution in [3.05, 3.63) is 11.8 Å². The van der Waals surface area contributed by atoms with Gasteiger partial charge in [-0.05, 0) is 13.8 Å². The van der Waals surface area contributed by atoms with E-state index < -0.39 is 17.9 Å². The van der Waals surface area contributed by atoms with Gasteiger partial charge < -0.3 is 25.0 Å². The van der Waals surface area contributed by atoms with Crippen molar-refractivity contribution in [2.75, 3.05) is 32.8 Å². The lowest BCUT2D eigenvalue weighted by Crippen LogP contribution is -2.47. The van der Waals surface area contributed by atoms with Gasteiger partial charge >= 0.3 is 12.1 Å². The number of carbonyl (C=O) groups excluding carboxylic acids is 2. The zero-order valence-electron chi connectivity index (χ0n) is 13.1. The van der Waals surface area contributed by atoms with Crippen LogP contribution in [0.15, 0.2) is 11.8 Å². The molecule has 126 valence electrons. The first kappa shape index (κ1) is 18.3. The van der Waals surface area contributed by atoms with Crippen LogP contribution in [-0.4, -0.2) is 71.7 Å². The summed E-state index contributed by atoms with van der Waals surface area (Å²) in [6.07, 6.45) is 0.997. The van der Waals surface area contributed by atoms with Gasteiger partial charge in [0.1, 0.15) is 17.7 Å². The van der Waals surface area contributed by atoms with E-state index in [-0.39, 0.29) is 11.7 Å². The maximum Gasteiger partial charge on any atom is 0.409 e. The molecule has 9 heteroatoms. The van der Waals surface area contributed by atoms with Crippen molar-refractivity contribution in [3.63, 3.8) is 0 Å². The largest absolute Gasteiger partial charge is 0.480 e. The zero-order chi connectivity index (χ0) is 17.4. The summed E-state index contributed by atoms with van der Waals surface area (Å²) >= 11 is 0. The van der Waals surface area contributed by atoms with Crippen LogP contribution in [0.3, 0.4) is 0 Å². The van der Waals surface area contributed by atoms with Crippen LogP contribution in [0, 0.1) is 11.3 Å². The first-order valence-electron chi connectivity index (χ1n) is 7.20. The van der Waals surface area contributed by atoms with Crippen LogP contribution >= 0.6 is 0 Å². The summed E-state index contributed by atoms with van der Waals surface area (Å²) in [7, 11) is 0. The summed E-state index contributed by atoms with van der Waals surface area (Å²) in [5, 5.41) is 20.0. The standard InChI is InChI=1S/C14H20N4O5/c1-3-23-14(22)18-6-4-17(5-7-18)9-11(8-15)12(19)16-10(2)13(20)21/h9-10H,3-7H2,1-2H3,(H,16,19)(H,20,21)/b11-9-. The number of aliphatic carboxylic acids is 1. The first-order chi connectivity index (χ1) is 10.9. The van der Waals surface area contributed by atoms with Gasteiger partial charge in [0.05, 0.1) is 6.61 Å². The maximum atomic E-state index is 11.8. The minimum absolute atomic E-state index is 0.178. The summed E-state index contributed by atoms with van der Waals surface area (Å²) in [6, 6.07) is 0.674. The number of hydrogen-bond acceptors (Lipinski definition) is 6. The van der Waals surface area contributed by atoms with Gasteiger partial charge in [0.15, 0.2) is 0 Å². The highest BCUT2D eigenvalue weighted by molar-refractivity contribution is 5.99. The van der Waals surface area contributed by atoms with Crippen molar-refractivity contribution in [3.8, 4) is 6.07 Å². The second-order valence-corrected chi connectivity index (χ2v) is 4.91. The van der Waals surface area contributed by atoms with E-state index in [2.05, 4.69) is 5.32 Å². The second-order valence-electron chi connectivity index (χ2n) is 4.91. The molecule has 1 rings (SSSR count). The molecular weight excluding hydrogens is 304 g/mol. The monoisotopic (exact) mass is 324 g/mol. The zero-order valence-corrected chi connectivity index (χ0v) is 13.1. The van der Waals surface area contributed by atoms with E-state index >= 15 is 0 Å². The highest BCUT2D eigenvalue weighted by atomic mass is 16.6. The molecular formula is C14H20N4O5. The van der Waals surface area contributed by atoms with Crippen LogP contribution in [0.2, 0.25) is 0 Å². The van der Waals surface area contributed by atoms with Gasteiger partial charge in [0.25, 0.3) is 5.91 Å². The van der Waals surface area contributed by atoms with Crippen molar-refractivity contribution in [1.29, 1.82) is 5.26 Å². The number of piperazine rings is 1. The Kier molecular flexibility index (Phi) is 6.86.